The monoisotopic (exact) mass is 266 g/mol. The van der Waals surface area contributed by atoms with Gasteiger partial charge in [0.1, 0.15) is 0 Å². The second kappa shape index (κ2) is 5.29. The van der Waals surface area contributed by atoms with Gasteiger partial charge in [0, 0.05) is 25.8 Å². The predicted octanol–water partition coefficient (Wildman–Crippen LogP) is 3.76. The highest BCUT2D eigenvalue weighted by Crippen LogP contribution is 2.32. The molecule has 20 heavy (non-hydrogen) atoms. The van der Waals surface area contributed by atoms with E-state index in [1.165, 1.54) is 40.8 Å². The Labute approximate surface area is 121 Å². The lowest BCUT2D eigenvalue weighted by Gasteiger charge is -2.23. The SMILES string of the molecule is CN(C)c1cccc(-c2ccc3c(c2)C(N)CCC3)c1. The molecule has 2 N–H and O–H groups in total. The van der Waals surface area contributed by atoms with Gasteiger partial charge in [-0.1, -0.05) is 24.3 Å². The topological polar surface area (TPSA) is 29.3 Å². The third-order valence-corrected chi connectivity index (χ3v) is 4.20. The Morgan fingerprint density at radius 3 is 2.65 bits per heavy atom. The molecule has 1 aliphatic carbocycles. The number of anilines is 1. The second-order valence-electron chi connectivity index (χ2n) is 5.86. The summed E-state index contributed by atoms with van der Waals surface area (Å²) in [6.07, 6.45) is 3.48. The zero-order chi connectivity index (χ0) is 14.1. The molecule has 0 aliphatic heterocycles. The lowest BCUT2D eigenvalue weighted by atomic mass is 9.86. The van der Waals surface area contributed by atoms with E-state index >= 15 is 0 Å². The first-order valence-corrected chi connectivity index (χ1v) is 7.31. The Bertz CT molecular complexity index is 617. The summed E-state index contributed by atoms with van der Waals surface area (Å²) in [5, 5.41) is 0. The number of rotatable bonds is 2. The average Bonchev–Trinajstić information content (AvgIpc) is 2.47. The zero-order valence-electron chi connectivity index (χ0n) is 12.3. The standard InChI is InChI=1S/C18H22N2/c1-20(2)16-7-3-6-14(11-16)15-10-9-13-5-4-8-18(19)17(13)12-15/h3,6-7,9-12,18H,4-5,8,19H2,1-2H3. The largest absolute Gasteiger partial charge is 0.378 e. The van der Waals surface area contributed by atoms with E-state index in [9.17, 15) is 0 Å². The summed E-state index contributed by atoms with van der Waals surface area (Å²) in [6, 6.07) is 15.6. The van der Waals surface area contributed by atoms with Crippen LogP contribution in [0.4, 0.5) is 5.69 Å². The molecule has 1 aliphatic rings. The van der Waals surface area contributed by atoms with Gasteiger partial charge < -0.3 is 10.6 Å². The Morgan fingerprint density at radius 2 is 1.85 bits per heavy atom. The highest BCUT2D eigenvalue weighted by Gasteiger charge is 2.17. The van der Waals surface area contributed by atoms with E-state index in [-0.39, 0.29) is 6.04 Å². The molecule has 0 amide bonds. The average molecular weight is 266 g/mol. The van der Waals surface area contributed by atoms with Gasteiger partial charge in [0.25, 0.3) is 0 Å². The summed E-state index contributed by atoms with van der Waals surface area (Å²) >= 11 is 0. The van der Waals surface area contributed by atoms with Crippen LogP contribution >= 0.6 is 0 Å². The zero-order valence-corrected chi connectivity index (χ0v) is 12.3. The van der Waals surface area contributed by atoms with Gasteiger partial charge in [-0.2, -0.15) is 0 Å². The maximum Gasteiger partial charge on any atom is 0.0367 e. The number of fused-ring (bicyclic) bond motifs is 1. The molecule has 0 saturated heterocycles. The molecule has 1 atom stereocenters. The van der Waals surface area contributed by atoms with Crippen molar-refractivity contribution in [1.82, 2.24) is 0 Å². The van der Waals surface area contributed by atoms with Gasteiger partial charge in [-0.3, -0.25) is 0 Å². The first-order chi connectivity index (χ1) is 9.65. The van der Waals surface area contributed by atoms with E-state index in [1.807, 2.05) is 0 Å². The fourth-order valence-electron chi connectivity index (χ4n) is 2.98. The Morgan fingerprint density at radius 1 is 1.05 bits per heavy atom. The Kier molecular flexibility index (Phi) is 3.49. The fourth-order valence-corrected chi connectivity index (χ4v) is 2.98. The van der Waals surface area contributed by atoms with Crippen molar-refractivity contribution in [1.29, 1.82) is 0 Å². The molecule has 0 bridgehead atoms. The van der Waals surface area contributed by atoms with E-state index < -0.39 is 0 Å². The number of aryl methyl sites for hydroxylation is 1. The molecular formula is C18H22N2. The van der Waals surface area contributed by atoms with Crippen molar-refractivity contribution >= 4 is 5.69 Å². The quantitative estimate of drug-likeness (QED) is 0.897. The van der Waals surface area contributed by atoms with Gasteiger partial charge in [0.15, 0.2) is 0 Å². The van der Waals surface area contributed by atoms with Crippen molar-refractivity contribution in [2.75, 3.05) is 19.0 Å². The van der Waals surface area contributed by atoms with E-state index in [0.717, 1.165) is 6.42 Å². The van der Waals surface area contributed by atoms with Crippen molar-refractivity contribution in [2.45, 2.75) is 25.3 Å². The lowest BCUT2D eigenvalue weighted by Crippen LogP contribution is -2.17. The van der Waals surface area contributed by atoms with Crippen LogP contribution in [-0.2, 0) is 6.42 Å². The number of hydrogen-bond donors (Lipinski definition) is 1. The molecule has 2 aromatic rings. The van der Waals surface area contributed by atoms with Crippen molar-refractivity contribution in [3.05, 3.63) is 53.6 Å². The van der Waals surface area contributed by atoms with Gasteiger partial charge in [-0.15, -0.1) is 0 Å². The van der Waals surface area contributed by atoms with Crippen LogP contribution in [0.15, 0.2) is 42.5 Å². The van der Waals surface area contributed by atoms with Crippen LogP contribution in [-0.4, -0.2) is 14.1 Å². The van der Waals surface area contributed by atoms with Crippen LogP contribution in [0.25, 0.3) is 11.1 Å². The van der Waals surface area contributed by atoms with Crippen molar-refractivity contribution in [3.63, 3.8) is 0 Å². The van der Waals surface area contributed by atoms with Gasteiger partial charge in [-0.05, 0) is 59.7 Å². The number of nitrogens with zero attached hydrogens (tertiary/aromatic N) is 1. The molecule has 0 fully saturated rings. The summed E-state index contributed by atoms with van der Waals surface area (Å²) in [7, 11) is 4.14. The minimum atomic E-state index is 0.204. The molecule has 2 heteroatoms. The van der Waals surface area contributed by atoms with Gasteiger partial charge in [0.2, 0.25) is 0 Å². The summed E-state index contributed by atoms with van der Waals surface area (Å²) < 4.78 is 0. The molecule has 0 radical (unpaired) electrons. The molecule has 104 valence electrons. The number of nitrogens with two attached hydrogens (primary N) is 1. The third kappa shape index (κ3) is 2.44. The fraction of sp³-hybridized carbons (Fsp3) is 0.333. The van der Waals surface area contributed by atoms with Gasteiger partial charge >= 0.3 is 0 Å². The highest BCUT2D eigenvalue weighted by atomic mass is 15.1. The first-order valence-electron chi connectivity index (χ1n) is 7.31. The Hall–Kier alpha value is -1.80. The van der Waals surface area contributed by atoms with E-state index in [2.05, 4.69) is 61.5 Å². The maximum absolute atomic E-state index is 6.26. The molecule has 1 unspecified atom stereocenters. The number of benzene rings is 2. The lowest BCUT2D eigenvalue weighted by molar-refractivity contribution is 0.571. The van der Waals surface area contributed by atoms with Crippen molar-refractivity contribution in [3.8, 4) is 11.1 Å². The van der Waals surface area contributed by atoms with E-state index in [4.69, 9.17) is 5.73 Å². The third-order valence-electron chi connectivity index (χ3n) is 4.20. The molecule has 0 saturated carbocycles. The predicted molar refractivity (Wildman–Crippen MR) is 86.1 cm³/mol. The molecule has 2 aromatic carbocycles. The molecule has 3 rings (SSSR count). The number of hydrogen-bond acceptors (Lipinski definition) is 2. The second-order valence-corrected chi connectivity index (χ2v) is 5.86. The summed E-state index contributed by atoms with van der Waals surface area (Å²) in [4.78, 5) is 2.13. The summed E-state index contributed by atoms with van der Waals surface area (Å²) in [5.41, 5.74) is 12.8. The Balaban J connectivity index is 2.02. The minimum Gasteiger partial charge on any atom is -0.378 e. The summed E-state index contributed by atoms with van der Waals surface area (Å²) in [5.74, 6) is 0. The van der Waals surface area contributed by atoms with Crippen LogP contribution in [0, 0.1) is 0 Å². The van der Waals surface area contributed by atoms with Crippen LogP contribution in [0.1, 0.15) is 30.0 Å². The summed E-state index contributed by atoms with van der Waals surface area (Å²) in [6.45, 7) is 0. The molecule has 0 heterocycles. The van der Waals surface area contributed by atoms with Gasteiger partial charge in [-0.25, -0.2) is 0 Å². The molecule has 2 nitrogen and oxygen atoms in total. The molecular weight excluding hydrogens is 244 g/mol. The van der Waals surface area contributed by atoms with Crippen LogP contribution < -0.4 is 10.6 Å². The smallest absolute Gasteiger partial charge is 0.0367 e. The van der Waals surface area contributed by atoms with Crippen LogP contribution in [0.3, 0.4) is 0 Å². The van der Waals surface area contributed by atoms with E-state index in [0.29, 0.717) is 0 Å². The molecule has 0 spiro atoms. The van der Waals surface area contributed by atoms with E-state index in [1.54, 1.807) is 0 Å². The minimum absolute atomic E-state index is 0.204. The van der Waals surface area contributed by atoms with Gasteiger partial charge in [0.05, 0.1) is 0 Å². The van der Waals surface area contributed by atoms with Crippen LogP contribution in [0.2, 0.25) is 0 Å². The highest BCUT2D eigenvalue weighted by molar-refractivity contribution is 5.69. The van der Waals surface area contributed by atoms with Crippen LogP contribution in [0.5, 0.6) is 0 Å². The maximum atomic E-state index is 6.26. The van der Waals surface area contributed by atoms with Crippen molar-refractivity contribution in [2.24, 2.45) is 5.73 Å². The first kappa shape index (κ1) is 13.2. The van der Waals surface area contributed by atoms with Crippen molar-refractivity contribution < 1.29 is 0 Å². The normalized spacial score (nSPS) is 17.6. The molecule has 0 aromatic heterocycles.